The predicted molar refractivity (Wildman–Crippen MR) is 103 cm³/mol. The standard InChI is InChI=1S/C19H28N2O4S/c1-6-13-11(2)26-16(14(13)17(23)24)20-15(22)12-8-7-9-21(10-12)18(25)19(3,4)5/h12H,6-10H2,1-5H3,(H,20,22)(H,23,24). The molecule has 7 heteroatoms. The molecule has 144 valence electrons. The van der Waals surface area contributed by atoms with E-state index in [4.69, 9.17) is 0 Å². The molecule has 1 aromatic rings. The first-order valence-electron chi connectivity index (χ1n) is 9.02. The number of carboxylic acids is 1. The van der Waals surface area contributed by atoms with E-state index in [0.717, 1.165) is 16.9 Å². The van der Waals surface area contributed by atoms with Crippen molar-refractivity contribution in [1.82, 2.24) is 4.90 Å². The highest BCUT2D eigenvalue weighted by Crippen LogP contribution is 2.34. The number of likely N-dealkylation sites (tertiary alicyclic amines) is 1. The van der Waals surface area contributed by atoms with Crippen molar-refractivity contribution < 1.29 is 19.5 Å². The van der Waals surface area contributed by atoms with Crippen molar-refractivity contribution in [2.75, 3.05) is 18.4 Å². The lowest BCUT2D eigenvalue weighted by Gasteiger charge is -2.35. The van der Waals surface area contributed by atoms with Crippen LogP contribution in [0.1, 0.15) is 61.3 Å². The van der Waals surface area contributed by atoms with Gasteiger partial charge in [-0.2, -0.15) is 0 Å². The molecule has 2 N–H and O–H groups in total. The van der Waals surface area contributed by atoms with E-state index in [2.05, 4.69) is 5.32 Å². The molecule has 0 saturated carbocycles. The summed E-state index contributed by atoms with van der Waals surface area (Å²) in [7, 11) is 0. The SMILES string of the molecule is CCc1c(C)sc(NC(=O)C2CCCN(C(=O)C(C)(C)C)C2)c1C(=O)O. The molecule has 26 heavy (non-hydrogen) atoms. The fourth-order valence-corrected chi connectivity index (χ4v) is 4.52. The quantitative estimate of drug-likeness (QED) is 0.836. The first-order chi connectivity index (χ1) is 12.1. The van der Waals surface area contributed by atoms with Crippen LogP contribution in [0.4, 0.5) is 5.00 Å². The summed E-state index contributed by atoms with van der Waals surface area (Å²) in [5, 5.41) is 12.7. The van der Waals surface area contributed by atoms with Crippen molar-refractivity contribution in [1.29, 1.82) is 0 Å². The minimum absolute atomic E-state index is 0.0430. The molecular weight excluding hydrogens is 352 g/mol. The number of aromatic carboxylic acids is 1. The Hall–Kier alpha value is -1.89. The molecule has 0 bridgehead atoms. The molecule has 1 saturated heterocycles. The Kier molecular flexibility index (Phi) is 6.11. The molecule has 1 aliphatic rings. The fourth-order valence-electron chi connectivity index (χ4n) is 3.38. The summed E-state index contributed by atoms with van der Waals surface area (Å²) in [4.78, 5) is 39.5. The first-order valence-corrected chi connectivity index (χ1v) is 9.83. The Labute approximate surface area is 158 Å². The monoisotopic (exact) mass is 380 g/mol. The van der Waals surface area contributed by atoms with E-state index < -0.39 is 11.4 Å². The Morgan fingerprint density at radius 2 is 1.96 bits per heavy atom. The summed E-state index contributed by atoms with van der Waals surface area (Å²) in [6.07, 6.45) is 2.08. The average Bonchev–Trinajstić information content (AvgIpc) is 2.88. The highest BCUT2D eigenvalue weighted by Gasteiger charge is 2.34. The van der Waals surface area contributed by atoms with Crippen LogP contribution in [0.25, 0.3) is 0 Å². The number of amides is 2. The number of thiophene rings is 1. The summed E-state index contributed by atoms with van der Waals surface area (Å²) < 4.78 is 0. The lowest BCUT2D eigenvalue weighted by Crippen LogP contribution is -2.47. The van der Waals surface area contributed by atoms with Gasteiger partial charge in [0, 0.05) is 23.4 Å². The number of rotatable bonds is 4. The number of carboxylic acid groups (broad SMARTS) is 1. The zero-order valence-electron chi connectivity index (χ0n) is 16.1. The van der Waals surface area contributed by atoms with Crippen LogP contribution in [-0.4, -0.2) is 40.9 Å². The zero-order valence-corrected chi connectivity index (χ0v) is 17.0. The highest BCUT2D eigenvalue weighted by atomic mass is 32.1. The van der Waals surface area contributed by atoms with Crippen molar-refractivity contribution in [3.8, 4) is 0 Å². The topological polar surface area (TPSA) is 86.7 Å². The molecule has 1 aliphatic heterocycles. The van der Waals surface area contributed by atoms with Gasteiger partial charge in [-0.05, 0) is 31.7 Å². The van der Waals surface area contributed by atoms with Crippen molar-refractivity contribution in [2.45, 2.75) is 53.9 Å². The van der Waals surface area contributed by atoms with Crippen LogP contribution in [0, 0.1) is 18.3 Å². The maximum absolute atomic E-state index is 12.7. The van der Waals surface area contributed by atoms with E-state index in [0.29, 0.717) is 30.9 Å². The Morgan fingerprint density at radius 1 is 1.31 bits per heavy atom. The van der Waals surface area contributed by atoms with Gasteiger partial charge in [0.25, 0.3) is 0 Å². The maximum Gasteiger partial charge on any atom is 0.339 e. The minimum atomic E-state index is -1.02. The van der Waals surface area contributed by atoms with Crippen molar-refractivity contribution in [3.05, 3.63) is 16.0 Å². The minimum Gasteiger partial charge on any atom is -0.478 e. The van der Waals surface area contributed by atoms with Crippen molar-refractivity contribution in [3.63, 3.8) is 0 Å². The second-order valence-electron chi connectivity index (χ2n) is 7.83. The molecule has 1 atom stereocenters. The number of hydrogen-bond donors (Lipinski definition) is 2. The van der Waals surface area contributed by atoms with Gasteiger partial charge in [0.05, 0.1) is 11.5 Å². The van der Waals surface area contributed by atoms with Crippen LogP contribution in [0.3, 0.4) is 0 Å². The Morgan fingerprint density at radius 3 is 2.50 bits per heavy atom. The highest BCUT2D eigenvalue weighted by molar-refractivity contribution is 7.16. The number of hydrogen-bond acceptors (Lipinski definition) is 4. The van der Waals surface area contributed by atoms with Gasteiger partial charge in [0.2, 0.25) is 11.8 Å². The maximum atomic E-state index is 12.7. The number of aryl methyl sites for hydroxylation is 1. The van der Waals surface area contributed by atoms with E-state index in [1.807, 2.05) is 34.6 Å². The second kappa shape index (κ2) is 7.78. The van der Waals surface area contributed by atoms with Crippen LogP contribution in [-0.2, 0) is 16.0 Å². The third-order valence-electron chi connectivity index (χ3n) is 4.73. The van der Waals surface area contributed by atoms with Gasteiger partial charge in [0.1, 0.15) is 5.00 Å². The summed E-state index contributed by atoms with van der Waals surface area (Å²) in [6.45, 7) is 10.4. The van der Waals surface area contributed by atoms with Gasteiger partial charge < -0.3 is 15.3 Å². The smallest absolute Gasteiger partial charge is 0.339 e. The van der Waals surface area contributed by atoms with Crippen LogP contribution in [0.15, 0.2) is 0 Å². The molecule has 1 unspecified atom stereocenters. The van der Waals surface area contributed by atoms with Crippen LogP contribution >= 0.6 is 11.3 Å². The normalized spacial score (nSPS) is 17.9. The molecule has 2 amide bonds. The molecule has 0 aliphatic carbocycles. The first kappa shape index (κ1) is 20.4. The molecule has 6 nitrogen and oxygen atoms in total. The largest absolute Gasteiger partial charge is 0.478 e. The van der Waals surface area contributed by atoms with Crippen molar-refractivity contribution in [2.24, 2.45) is 11.3 Å². The van der Waals surface area contributed by atoms with Gasteiger partial charge in [0.15, 0.2) is 0 Å². The lowest BCUT2D eigenvalue weighted by atomic mass is 9.91. The molecular formula is C19H28N2O4S. The number of anilines is 1. The van der Waals surface area contributed by atoms with Gasteiger partial charge in [-0.1, -0.05) is 27.7 Å². The molecule has 0 spiro atoms. The Balaban J connectivity index is 2.15. The predicted octanol–water partition coefficient (Wildman–Crippen LogP) is 3.54. The van der Waals surface area contributed by atoms with E-state index in [9.17, 15) is 19.5 Å². The van der Waals surface area contributed by atoms with Gasteiger partial charge in [-0.3, -0.25) is 9.59 Å². The molecule has 0 radical (unpaired) electrons. The third kappa shape index (κ3) is 4.26. The fraction of sp³-hybridized carbons (Fsp3) is 0.632. The van der Waals surface area contributed by atoms with Crippen molar-refractivity contribution >= 4 is 34.1 Å². The third-order valence-corrected chi connectivity index (χ3v) is 5.80. The molecule has 2 rings (SSSR count). The number of nitrogens with one attached hydrogen (secondary N) is 1. The number of carbonyl (C=O) groups is 3. The summed E-state index contributed by atoms with van der Waals surface area (Å²) in [5.41, 5.74) is 0.489. The zero-order chi connectivity index (χ0) is 19.6. The molecule has 2 heterocycles. The molecule has 0 aromatic carbocycles. The second-order valence-corrected chi connectivity index (χ2v) is 9.05. The van der Waals surface area contributed by atoms with E-state index in [-0.39, 0.29) is 23.3 Å². The summed E-state index contributed by atoms with van der Waals surface area (Å²) in [5.74, 6) is -1.50. The van der Waals surface area contributed by atoms with Gasteiger partial charge in [-0.25, -0.2) is 4.79 Å². The van der Waals surface area contributed by atoms with Crippen LogP contribution in [0.2, 0.25) is 0 Å². The molecule has 1 aromatic heterocycles. The van der Waals surface area contributed by atoms with Crippen LogP contribution < -0.4 is 5.32 Å². The molecule has 1 fully saturated rings. The number of piperidine rings is 1. The Bertz CT molecular complexity index is 718. The van der Waals surface area contributed by atoms with Crippen LogP contribution in [0.5, 0.6) is 0 Å². The van der Waals surface area contributed by atoms with Gasteiger partial charge in [-0.15, -0.1) is 11.3 Å². The number of carbonyl (C=O) groups excluding carboxylic acids is 2. The van der Waals surface area contributed by atoms with E-state index in [1.165, 1.54) is 11.3 Å². The number of nitrogens with zero attached hydrogens (tertiary/aromatic N) is 1. The van der Waals surface area contributed by atoms with Gasteiger partial charge >= 0.3 is 5.97 Å². The average molecular weight is 381 g/mol. The summed E-state index contributed by atoms with van der Waals surface area (Å²) >= 11 is 1.30. The lowest BCUT2D eigenvalue weighted by molar-refractivity contribution is -0.142. The van der Waals surface area contributed by atoms with E-state index in [1.54, 1.807) is 4.90 Å². The van der Waals surface area contributed by atoms with E-state index >= 15 is 0 Å². The summed E-state index contributed by atoms with van der Waals surface area (Å²) in [6, 6.07) is 0.